The molecule has 0 amide bonds. The van der Waals surface area contributed by atoms with Crippen molar-refractivity contribution in [1.29, 1.82) is 0 Å². The maximum atomic E-state index is 3.50. The maximum absolute atomic E-state index is 3.50. The van der Waals surface area contributed by atoms with Crippen LogP contribution < -0.4 is 0 Å². The quantitative estimate of drug-likeness (QED) is 0.107. The van der Waals surface area contributed by atoms with Gasteiger partial charge in [0.1, 0.15) is 0 Å². The third-order valence-electron chi connectivity index (χ3n) is 4.28. The second-order valence-corrected chi connectivity index (χ2v) is 174. The van der Waals surface area contributed by atoms with E-state index < -0.39 is 0 Å². The van der Waals surface area contributed by atoms with E-state index in [-0.39, 0.29) is 141 Å². The molecule has 0 fully saturated rings. The Morgan fingerprint density at radius 2 is 0.311 bits per heavy atom. The van der Waals surface area contributed by atoms with Crippen molar-refractivity contribution in [1.82, 2.24) is 0 Å². The molecule has 24 atom stereocenters. The van der Waals surface area contributed by atoms with E-state index in [2.05, 4.69) is 214 Å². The van der Waals surface area contributed by atoms with Crippen molar-refractivity contribution in [2.24, 2.45) is 0 Å². The molecule has 0 aromatic heterocycles. The minimum Gasteiger partial charge on any atom is -0.102 e. The molecule has 0 rings (SSSR count). The van der Waals surface area contributed by atoms with Crippen LogP contribution in [0.1, 0.15) is 0 Å². The average molecular weight is 1420 g/mol. The van der Waals surface area contributed by atoms with Crippen molar-refractivity contribution in [2.45, 2.75) is 4.38 Å². The van der Waals surface area contributed by atoms with Crippen LogP contribution in [0.3, 0.4) is 0 Å². The van der Waals surface area contributed by atoms with Gasteiger partial charge < -0.3 is 0 Å². The molecule has 0 heterocycles. The molecule has 24 unspecified atom stereocenters. The second kappa shape index (κ2) is 33.5. The van der Waals surface area contributed by atoms with Crippen molar-refractivity contribution < 1.29 is 0 Å². The Bertz CT molecular complexity index is 625. The summed E-state index contributed by atoms with van der Waals surface area (Å²) in [6.07, 6.45) is 0. The van der Waals surface area contributed by atoms with Crippen molar-refractivity contribution in [3.63, 3.8) is 0 Å². The molecule has 0 aliphatic heterocycles. The zero-order valence-corrected chi connectivity index (χ0v) is 68.9. The van der Waals surface area contributed by atoms with Gasteiger partial charge in [0.15, 0.2) is 0 Å². The molecule has 0 aromatic rings. The highest BCUT2D eigenvalue weighted by atomic mass is 33.3. The van der Waals surface area contributed by atoms with E-state index in [4.69, 9.17) is 0 Å². The molecule has 0 bridgehead atoms. The lowest BCUT2D eigenvalue weighted by atomic mass is 11.8. The molecular weight excluding hydrogens is 1370 g/mol. The van der Waals surface area contributed by atoms with E-state index >= 15 is 0 Å². The molecule has 272 valence electrons. The molecule has 0 aliphatic rings. The Labute approximate surface area is 354 Å². The fourth-order valence-electron chi connectivity index (χ4n) is 3.22. The number of hydrogen-bond acceptors (Lipinski definition) is 0. The molecule has 0 aromatic carbocycles. The van der Waals surface area contributed by atoms with Gasteiger partial charge in [-0.05, 0) is 141 Å². The first kappa shape index (κ1) is 63.9. The van der Waals surface area contributed by atoms with Crippen LogP contribution in [-0.2, 0) is 0 Å². The van der Waals surface area contributed by atoms with Crippen LogP contribution in [0.5, 0.6) is 0 Å². The average Bonchev–Trinajstić information content (AvgIpc) is 2.79. The van der Waals surface area contributed by atoms with Crippen LogP contribution in [0.25, 0.3) is 0 Å². The zero-order chi connectivity index (χ0) is 36.0. The summed E-state index contributed by atoms with van der Waals surface area (Å²) in [5.41, 5.74) is 0. The Kier molecular flexibility index (Phi) is 47.5. The van der Waals surface area contributed by atoms with Crippen LogP contribution in [-0.4, -0.2) is 4.38 Å². The van der Waals surface area contributed by atoms with Gasteiger partial charge in [-0.3, -0.25) is 0 Å². The van der Waals surface area contributed by atoms with E-state index in [0.29, 0.717) is 4.38 Å². The Morgan fingerprint density at radius 3 is 0.400 bits per heavy atom. The maximum Gasteiger partial charge on any atom is 0.0856 e. The lowest BCUT2D eigenvalue weighted by Gasteiger charge is -2.66. The Hall–Kier alpha value is 18.9. The van der Waals surface area contributed by atoms with Gasteiger partial charge in [0.25, 0.3) is 0 Å². The van der Waals surface area contributed by atoms with Crippen LogP contribution in [0.4, 0.5) is 0 Å². The number of rotatable bonds is 20. The minimum absolute atomic E-state index is 0.192. The second-order valence-electron chi connectivity index (χ2n) is 7.39. The molecule has 0 saturated carbocycles. The normalized spacial score (nSPS) is 14.7. The first-order valence-corrected chi connectivity index (χ1v) is 87.3. The summed E-state index contributed by atoms with van der Waals surface area (Å²) in [5.74, 6) is 0. The smallest absolute Gasteiger partial charge is 0.0856 e. The van der Waals surface area contributed by atoms with Gasteiger partial charge in [-0.2, -0.15) is 0 Å². The van der Waals surface area contributed by atoms with Gasteiger partial charge >= 0.3 is 0 Å². The topological polar surface area (TPSA) is 0 Å². The van der Waals surface area contributed by atoms with Gasteiger partial charge in [0.05, 0.1) is 4.38 Å². The summed E-state index contributed by atoms with van der Waals surface area (Å²) in [4.78, 5) is 0. The standard InChI is InChI=1S/CH48P44/c2-30(3)26(31(4)5)1(27(32(6)7)33(8)9,28(42(34(10)11)35(12)13)43(36(14)15)37(16)17)29(44(38(18)19)39(20)21)45(40(22)23)41(24)25/h2-25H2. The van der Waals surface area contributed by atoms with E-state index in [9.17, 15) is 0 Å². The van der Waals surface area contributed by atoms with Crippen LogP contribution in [0.15, 0.2) is 0 Å². The fraction of sp³-hybridized carbons (Fsp3) is 1.00. The van der Waals surface area contributed by atoms with Gasteiger partial charge in [-0.1, -0.05) is 0 Å². The van der Waals surface area contributed by atoms with Crippen molar-refractivity contribution in [2.75, 3.05) is 0 Å². The molecule has 0 radical (unpaired) electrons. The number of hydrogen-bond donors (Lipinski definition) is 0. The predicted molar refractivity (Wildman–Crippen MR) is 374 cm³/mol. The summed E-state index contributed by atoms with van der Waals surface area (Å²) in [6, 6.07) is 0. The summed E-state index contributed by atoms with van der Waals surface area (Å²) in [6.45, 7) is -3.72. The van der Waals surface area contributed by atoms with E-state index in [0.717, 1.165) is 0 Å². The molecule has 0 nitrogen and oxygen atoms in total. The van der Waals surface area contributed by atoms with E-state index in [1.165, 1.54) is 0 Å². The van der Waals surface area contributed by atoms with Gasteiger partial charge in [-0.25, -0.2) is 0 Å². The molecule has 0 spiro atoms. The van der Waals surface area contributed by atoms with Crippen LogP contribution >= 0.6 is 355 Å². The van der Waals surface area contributed by atoms with Crippen LogP contribution in [0.2, 0.25) is 0 Å². The van der Waals surface area contributed by atoms with Gasteiger partial charge in [-0.15, -0.1) is 214 Å². The molecule has 44 heteroatoms. The molecular formula is CH48P44. The van der Waals surface area contributed by atoms with E-state index in [1.54, 1.807) is 0 Å². The van der Waals surface area contributed by atoms with Crippen molar-refractivity contribution in [3.05, 3.63) is 0 Å². The lowest BCUT2D eigenvalue weighted by Crippen LogP contribution is -2.12. The highest BCUT2D eigenvalue weighted by molar-refractivity contribution is 9.31. The zero-order valence-electron chi connectivity index (χ0n) is 23.3. The largest absolute Gasteiger partial charge is 0.102 e. The van der Waals surface area contributed by atoms with Gasteiger partial charge in [0.2, 0.25) is 0 Å². The summed E-state index contributed by atoms with van der Waals surface area (Å²) in [7, 11) is 82.0. The lowest BCUT2D eigenvalue weighted by molar-refractivity contribution is 1.87. The first-order chi connectivity index (χ1) is 20.3. The van der Waals surface area contributed by atoms with E-state index in [1.807, 2.05) is 0 Å². The minimum atomic E-state index is -0.291. The highest BCUT2D eigenvalue weighted by Crippen LogP contribution is 3.39. The fourth-order valence-corrected chi connectivity index (χ4v) is 460. The molecule has 0 N–H and O–H groups in total. The highest BCUT2D eigenvalue weighted by Gasteiger charge is 2.68. The van der Waals surface area contributed by atoms with Crippen LogP contribution in [0, 0.1) is 0 Å². The monoisotopic (exact) mass is 1420 g/mol. The van der Waals surface area contributed by atoms with Crippen molar-refractivity contribution in [3.8, 4) is 0 Å². The van der Waals surface area contributed by atoms with Crippen molar-refractivity contribution >= 4 is 355 Å². The summed E-state index contributed by atoms with van der Waals surface area (Å²) < 4.78 is 0.435. The summed E-state index contributed by atoms with van der Waals surface area (Å²) >= 11 is 0. The van der Waals surface area contributed by atoms with Gasteiger partial charge in [0, 0.05) is 0 Å². The SMILES string of the molecule is PP(P)P(P(P)P)P(P(P(P)P)P(P)P)C(P(P(P)P)P(P)P)(P(P(P)P)P(P)P)P(P(P(P)P)P(P)P)P(P(P)P)P(P)P. The first-order valence-electron chi connectivity index (χ1n) is 10.3. The predicted octanol–water partition coefficient (Wildman–Crippen LogP) is 24.8. The molecule has 45 heavy (non-hydrogen) atoms. The molecule has 0 aliphatic carbocycles. The Balaban J connectivity index is 9.63. The summed E-state index contributed by atoms with van der Waals surface area (Å²) in [5, 5.41) is 0. The molecule has 0 saturated heterocycles. The third-order valence-corrected chi connectivity index (χ3v) is 244. The third kappa shape index (κ3) is 20.4. The Morgan fingerprint density at radius 1 is 0.178 bits per heavy atom.